The molecule has 0 saturated carbocycles. The van der Waals surface area contributed by atoms with Crippen LogP contribution >= 0.6 is 7.14 Å². The van der Waals surface area contributed by atoms with E-state index in [1.165, 1.54) is 0 Å². The zero-order valence-electron chi connectivity index (χ0n) is 16.5. The highest BCUT2D eigenvalue weighted by Crippen LogP contribution is 2.48. The normalized spacial score (nSPS) is 11.2. The maximum absolute atomic E-state index is 14.3. The van der Waals surface area contributed by atoms with Crippen LogP contribution < -0.4 is 15.3 Å². The Kier molecular flexibility index (Phi) is 6.02. The van der Waals surface area contributed by atoms with E-state index in [0.29, 0.717) is 17.9 Å². The molecule has 4 aromatic carbocycles. The van der Waals surface area contributed by atoms with Gasteiger partial charge >= 0.3 is 0 Å². The van der Waals surface area contributed by atoms with Gasteiger partial charge in [-0.2, -0.15) is 0 Å². The number of benzene rings is 4. The highest BCUT2D eigenvalue weighted by molar-refractivity contribution is 7.78. The Balaban J connectivity index is 1.66. The van der Waals surface area contributed by atoms with Crippen molar-refractivity contribution >= 4 is 17.8 Å². The lowest BCUT2D eigenvalue weighted by atomic mass is 10.2. The highest BCUT2D eigenvalue weighted by Gasteiger charge is 2.28. The van der Waals surface area contributed by atoms with Gasteiger partial charge in [0.1, 0.15) is 25.2 Å². The van der Waals surface area contributed by atoms with Gasteiger partial charge in [-0.05, 0) is 23.8 Å². The fourth-order valence-electron chi connectivity index (χ4n) is 3.43. The molecule has 0 spiro atoms. The van der Waals surface area contributed by atoms with Crippen molar-refractivity contribution in [1.82, 2.24) is 0 Å². The summed E-state index contributed by atoms with van der Waals surface area (Å²) in [5.74, 6) is 0.758. The van der Waals surface area contributed by atoms with Crippen LogP contribution in [0.15, 0.2) is 109 Å². The molecule has 150 valence electrons. The molecule has 0 saturated heterocycles. The van der Waals surface area contributed by atoms with Crippen LogP contribution in [-0.4, -0.2) is 5.11 Å². The predicted molar refractivity (Wildman–Crippen MR) is 122 cm³/mol. The third-order valence-corrected chi connectivity index (χ3v) is 8.09. The standard InChI is InChI=1S/C26H23O3P/c27-26-17-16-23(29-19-21-10-4-1-5-11-21)18-22(26)20-30(28,24-12-6-2-7-13-24)25-14-8-3-9-15-25/h1-18,27H,19-20H2. The molecule has 0 aliphatic carbocycles. The fourth-order valence-corrected chi connectivity index (χ4v) is 6.13. The van der Waals surface area contributed by atoms with Gasteiger partial charge in [-0.15, -0.1) is 0 Å². The van der Waals surface area contributed by atoms with Crippen molar-refractivity contribution in [1.29, 1.82) is 0 Å². The van der Waals surface area contributed by atoms with Crippen molar-refractivity contribution in [2.75, 3.05) is 0 Å². The zero-order valence-corrected chi connectivity index (χ0v) is 17.4. The van der Waals surface area contributed by atoms with Crippen LogP contribution in [-0.2, 0) is 17.3 Å². The summed E-state index contributed by atoms with van der Waals surface area (Å²) in [6, 6.07) is 34.0. The highest BCUT2D eigenvalue weighted by atomic mass is 31.2. The summed E-state index contributed by atoms with van der Waals surface area (Å²) in [5, 5.41) is 12.0. The lowest BCUT2D eigenvalue weighted by Crippen LogP contribution is -2.17. The molecular weight excluding hydrogens is 391 g/mol. The molecular formula is C26H23O3P. The molecule has 4 heteroatoms. The second-order valence-electron chi connectivity index (χ2n) is 7.13. The van der Waals surface area contributed by atoms with Crippen LogP contribution in [0.5, 0.6) is 11.5 Å². The maximum atomic E-state index is 14.3. The molecule has 1 N–H and O–H groups in total. The van der Waals surface area contributed by atoms with Gasteiger partial charge in [-0.25, -0.2) is 0 Å². The Morgan fingerprint density at radius 1 is 0.700 bits per heavy atom. The summed E-state index contributed by atoms with van der Waals surface area (Å²) >= 11 is 0. The Morgan fingerprint density at radius 2 is 1.23 bits per heavy atom. The number of hydrogen-bond donors (Lipinski definition) is 1. The van der Waals surface area contributed by atoms with Crippen LogP contribution in [0.4, 0.5) is 0 Å². The van der Waals surface area contributed by atoms with E-state index in [9.17, 15) is 9.67 Å². The van der Waals surface area contributed by atoms with Crippen molar-refractivity contribution < 1.29 is 14.4 Å². The molecule has 0 aromatic heterocycles. The minimum Gasteiger partial charge on any atom is -0.508 e. The van der Waals surface area contributed by atoms with E-state index >= 15 is 0 Å². The molecule has 0 aliphatic heterocycles. The Labute approximate surface area is 177 Å². The molecule has 0 atom stereocenters. The van der Waals surface area contributed by atoms with Crippen LogP contribution in [0.3, 0.4) is 0 Å². The average Bonchev–Trinajstić information content (AvgIpc) is 2.81. The lowest BCUT2D eigenvalue weighted by molar-refractivity contribution is 0.305. The van der Waals surface area contributed by atoms with Gasteiger partial charge in [0.05, 0.1) is 0 Å². The van der Waals surface area contributed by atoms with Crippen LogP contribution in [0.1, 0.15) is 11.1 Å². The monoisotopic (exact) mass is 414 g/mol. The molecule has 0 unspecified atom stereocenters. The van der Waals surface area contributed by atoms with E-state index in [2.05, 4.69) is 0 Å². The summed E-state index contributed by atoms with van der Waals surface area (Å²) in [5.41, 5.74) is 1.67. The van der Waals surface area contributed by atoms with Crippen LogP contribution in [0, 0.1) is 0 Å². The number of aromatic hydroxyl groups is 1. The minimum absolute atomic E-state index is 0.120. The number of phenols is 1. The number of ether oxygens (including phenoxy) is 1. The van der Waals surface area contributed by atoms with Gasteiger partial charge in [0.15, 0.2) is 0 Å². The van der Waals surface area contributed by atoms with Gasteiger partial charge < -0.3 is 14.4 Å². The number of hydrogen-bond acceptors (Lipinski definition) is 3. The summed E-state index contributed by atoms with van der Waals surface area (Å²) < 4.78 is 20.2. The van der Waals surface area contributed by atoms with Gasteiger partial charge in [0.2, 0.25) is 0 Å². The molecule has 30 heavy (non-hydrogen) atoms. The lowest BCUT2D eigenvalue weighted by Gasteiger charge is -2.20. The third-order valence-electron chi connectivity index (χ3n) is 5.04. The average molecular weight is 414 g/mol. The SMILES string of the molecule is O=P(Cc1cc(OCc2ccccc2)ccc1O)(c1ccccc1)c1ccccc1. The summed E-state index contributed by atoms with van der Waals surface area (Å²) in [6.07, 6.45) is 0.218. The topological polar surface area (TPSA) is 46.5 Å². The molecule has 0 radical (unpaired) electrons. The minimum atomic E-state index is -2.99. The van der Waals surface area contributed by atoms with Gasteiger partial charge in [-0.1, -0.05) is 91.0 Å². The third kappa shape index (κ3) is 4.48. The second kappa shape index (κ2) is 9.02. The Hall–Kier alpha value is -3.29. The smallest absolute Gasteiger partial charge is 0.147 e. The Bertz CT molecular complexity index is 1100. The molecule has 0 amide bonds. The van der Waals surface area contributed by atoms with Crippen LogP contribution in [0.2, 0.25) is 0 Å². The van der Waals surface area contributed by atoms with Crippen molar-refractivity contribution in [3.05, 3.63) is 120 Å². The molecule has 4 aromatic rings. The van der Waals surface area contributed by atoms with Gasteiger partial charge in [0.25, 0.3) is 0 Å². The summed E-state index contributed by atoms with van der Waals surface area (Å²) in [6.45, 7) is 0.431. The van der Waals surface area contributed by atoms with Crippen molar-refractivity contribution in [2.24, 2.45) is 0 Å². The van der Waals surface area contributed by atoms with E-state index in [4.69, 9.17) is 4.74 Å². The first-order chi connectivity index (χ1) is 14.6. The van der Waals surface area contributed by atoms with Crippen molar-refractivity contribution in [2.45, 2.75) is 12.8 Å². The quantitative estimate of drug-likeness (QED) is 0.407. The van der Waals surface area contributed by atoms with Crippen molar-refractivity contribution in [3.8, 4) is 11.5 Å². The molecule has 0 fully saturated rings. The molecule has 3 nitrogen and oxygen atoms in total. The number of rotatable bonds is 7. The molecule has 0 aliphatic rings. The first-order valence-electron chi connectivity index (χ1n) is 9.84. The first-order valence-corrected chi connectivity index (χ1v) is 11.7. The second-order valence-corrected chi connectivity index (χ2v) is 9.96. The van der Waals surface area contributed by atoms with E-state index < -0.39 is 7.14 Å². The summed E-state index contributed by atoms with van der Waals surface area (Å²) in [4.78, 5) is 0. The zero-order chi connectivity index (χ0) is 20.8. The van der Waals surface area contributed by atoms with E-state index in [-0.39, 0.29) is 11.9 Å². The molecule has 0 heterocycles. The first kappa shape index (κ1) is 20.0. The predicted octanol–water partition coefficient (Wildman–Crippen LogP) is 5.49. The van der Waals surface area contributed by atoms with E-state index in [1.807, 2.05) is 91.0 Å². The fraction of sp³-hybridized carbons (Fsp3) is 0.0769. The van der Waals surface area contributed by atoms with Gasteiger partial charge in [-0.3, -0.25) is 0 Å². The maximum Gasteiger partial charge on any atom is 0.147 e. The molecule has 0 bridgehead atoms. The van der Waals surface area contributed by atoms with E-state index in [1.54, 1.807) is 18.2 Å². The van der Waals surface area contributed by atoms with Crippen molar-refractivity contribution in [3.63, 3.8) is 0 Å². The van der Waals surface area contributed by atoms with Gasteiger partial charge in [0, 0.05) is 22.3 Å². The van der Waals surface area contributed by atoms with E-state index in [0.717, 1.165) is 16.2 Å². The summed E-state index contributed by atoms with van der Waals surface area (Å²) in [7, 11) is -2.99. The molecule has 4 rings (SSSR count). The van der Waals surface area contributed by atoms with Crippen LogP contribution in [0.25, 0.3) is 0 Å². The largest absolute Gasteiger partial charge is 0.508 e. The number of phenolic OH excluding ortho intramolecular Hbond substituents is 1. The Morgan fingerprint density at radius 3 is 1.80 bits per heavy atom.